The van der Waals surface area contributed by atoms with E-state index in [2.05, 4.69) is 10.1 Å². The smallest absolute Gasteiger partial charge is 0.333 e. The lowest BCUT2D eigenvalue weighted by molar-refractivity contribution is -0.137. The van der Waals surface area contributed by atoms with Crippen molar-refractivity contribution in [2.45, 2.75) is 31.5 Å². The number of halogens is 3. The number of hydrogen-bond donors (Lipinski definition) is 0. The molecule has 1 aliphatic heterocycles. The van der Waals surface area contributed by atoms with Crippen molar-refractivity contribution in [1.82, 2.24) is 19.7 Å². The molecular formula is C22H19F3N4O. The van der Waals surface area contributed by atoms with Crippen LogP contribution in [-0.4, -0.2) is 38.2 Å². The first-order valence-corrected chi connectivity index (χ1v) is 9.93. The normalized spacial score (nSPS) is 20.7. The fourth-order valence-corrected chi connectivity index (χ4v) is 4.16. The molecule has 0 radical (unpaired) electrons. The molecule has 30 heavy (non-hydrogen) atoms. The first-order valence-electron chi connectivity index (χ1n) is 9.93. The van der Waals surface area contributed by atoms with Gasteiger partial charge in [-0.25, -0.2) is 9.67 Å². The van der Waals surface area contributed by atoms with Gasteiger partial charge in [-0.3, -0.25) is 4.79 Å². The number of hydrogen-bond acceptors (Lipinski definition) is 3. The highest BCUT2D eigenvalue weighted by molar-refractivity contribution is 5.91. The highest BCUT2D eigenvalue weighted by Gasteiger charge is 2.47. The molecular weight excluding hydrogens is 393 g/mol. The monoisotopic (exact) mass is 412 g/mol. The Kier molecular flexibility index (Phi) is 4.38. The molecule has 1 saturated heterocycles. The zero-order valence-corrected chi connectivity index (χ0v) is 16.0. The van der Waals surface area contributed by atoms with Crippen LogP contribution < -0.4 is 0 Å². The van der Waals surface area contributed by atoms with Crippen LogP contribution in [-0.2, 0) is 6.18 Å². The van der Waals surface area contributed by atoms with Gasteiger partial charge >= 0.3 is 6.18 Å². The first-order chi connectivity index (χ1) is 14.4. The van der Waals surface area contributed by atoms with Gasteiger partial charge in [0.25, 0.3) is 5.91 Å². The molecule has 0 spiro atoms. The molecule has 2 unspecified atom stereocenters. The van der Waals surface area contributed by atoms with Crippen molar-refractivity contribution in [3.05, 3.63) is 66.0 Å². The SMILES string of the molecule is O=C(c1nc(-c2ccccc2)n(-c2cccc(C(F)(F)F)c2)n1)N1CCCC2CC21. The fraction of sp³-hybridized carbons (Fsp3) is 0.318. The fourth-order valence-electron chi connectivity index (χ4n) is 4.16. The van der Waals surface area contributed by atoms with E-state index in [1.54, 1.807) is 24.3 Å². The van der Waals surface area contributed by atoms with Crippen LogP contribution in [0.15, 0.2) is 54.6 Å². The van der Waals surface area contributed by atoms with E-state index >= 15 is 0 Å². The molecule has 2 atom stereocenters. The third-order valence-electron chi connectivity index (χ3n) is 5.77. The maximum atomic E-state index is 13.2. The lowest BCUT2D eigenvalue weighted by Gasteiger charge is -2.25. The number of carbonyl (C=O) groups excluding carboxylic acids is 1. The minimum absolute atomic E-state index is 0.0128. The minimum atomic E-state index is -4.48. The Balaban J connectivity index is 1.59. The van der Waals surface area contributed by atoms with E-state index in [9.17, 15) is 18.0 Å². The van der Waals surface area contributed by atoms with Crippen LogP contribution in [0.25, 0.3) is 17.1 Å². The molecule has 5 nitrogen and oxygen atoms in total. The van der Waals surface area contributed by atoms with Crippen molar-refractivity contribution in [1.29, 1.82) is 0 Å². The van der Waals surface area contributed by atoms with Crippen LogP contribution in [0.3, 0.4) is 0 Å². The van der Waals surface area contributed by atoms with Crippen molar-refractivity contribution in [3.8, 4) is 17.1 Å². The van der Waals surface area contributed by atoms with E-state index in [1.165, 1.54) is 16.8 Å². The zero-order valence-electron chi connectivity index (χ0n) is 16.0. The Labute approximate surface area is 171 Å². The summed E-state index contributed by atoms with van der Waals surface area (Å²) < 4.78 is 41.0. The summed E-state index contributed by atoms with van der Waals surface area (Å²) in [7, 11) is 0. The second kappa shape index (κ2) is 6.97. The van der Waals surface area contributed by atoms with Crippen LogP contribution in [0.1, 0.15) is 35.4 Å². The van der Waals surface area contributed by atoms with Crippen molar-refractivity contribution >= 4 is 5.91 Å². The molecule has 2 fully saturated rings. The summed E-state index contributed by atoms with van der Waals surface area (Å²) >= 11 is 0. The van der Waals surface area contributed by atoms with Gasteiger partial charge in [0.1, 0.15) is 0 Å². The molecule has 2 aromatic carbocycles. The van der Waals surface area contributed by atoms with Gasteiger partial charge in [0.05, 0.1) is 11.3 Å². The number of rotatable bonds is 3. The number of amides is 1. The van der Waals surface area contributed by atoms with Gasteiger partial charge in [-0.1, -0.05) is 36.4 Å². The summed E-state index contributed by atoms with van der Waals surface area (Å²) in [5, 5.41) is 4.36. The molecule has 2 heterocycles. The standard InChI is InChI=1S/C22H19F3N4O/c23-22(24,25)16-9-4-10-17(13-16)29-20(14-6-2-1-3-7-14)26-19(27-29)21(30)28-11-5-8-15-12-18(15)28/h1-4,6-7,9-10,13,15,18H,5,8,11-12H2. The molecule has 1 aromatic heterocycles. The predicted molar refractivity (Wildman–Crippen MR) is 104 cm³/mol. The summed E-state index contributed by atoms with van der Waals surface area (Å²) in [6, 6.07) is 14.2. The Bertz CT molecular complexity index is 1090. The number of piperidine rings is 1. The maximum absolute atomic E-state index is 13.2. The second-order valence-corrected chi connectivity index (χ2v) is 7.79. The van der Waals surface area contributed by atoms with Gasteiger partial charge in [-0.15, -0.1) is 5.10 Å². The third-order valence-corrected chi connectivity index (χ3v) is 5.77. The van der Waals surface area contributed by atoms with E-state index in [-0.39, 0.29) is 23.5 Å². The molecule has 8 heteroatoms. The van der Waals surface area contributed by atoms with Gasteiger partial charge in [0.15, 0.2) is 5.82 Å². The number of benzene rings is 2. The Morgan fingerprint density at radius 1 is 1.07 bits per heavy atom. The predicted octanol–water partition coefficient (Wildman–Crippen LogP) is 4.58. The average molecular weight is 412 g/mol. The van der Waals surface area contributed by atoms with Crippen LogP contribution in [0.4, 0.5) is 13.2 Å². The van der Waals surface area contributed by atoms with Crippen molar-refractivity contribution in [2.75, 3.05) is 6.54 Å². The molecule has 0 bridgehead atoms. The molecule has 1 aliphatic carbocycles. The van der Waals surface area contributed by atoms with Crippen LogP contribution in [0, 0.1) is 5.92 Å². The number of aromatic nitrogens is 3. The highest BCUT2D eigenvalue weighted by Crippen LogP contribution is 2.43. The van der Waals surface area contributed by atoms with Crippen molar-refractivity contribution in [2.24, 2.45) is 5.92 Å². The molecule has 0 N–H and O–H groups in total. The largest absolute Gasteiger partial charge is 0.416 e. The molecule has 1 amide bonds. The van der Waals surface area contributed by atoms with Gasteiger partial charge < -0.3 is 4.90 Å². The second-order valence-electron chi connectivity index (χ2n) is 7.79. The van der Waals surface area contributed by atoms with E-state index in [1.807, 2.05) is 11.0 Å². The summed E-state index contributed by atoms with van der Waals surface area (Å²) in [4.78, 5) is 19.4. The molecule has 154 valence electrons. The summed E-state index contributed by atoms with van der Waals surface area (Å²) in [5.74, 6) is 0.647. The summed E-state index contributed by atoms with van der Waals surface area (Å²) in [6.07, 6.45) is -1.38. The van der Waals surface area contributed by atoms with E-state index < -0.39 is 11.7 Å². The zero-order chi connectivity index (χ0) is 20.9. The topological polar surface area (TPSA) is 51.0 Å². The molecule has 1 saturated carbocycles. The van der Waals surface area contributed by atoms with E-state index in [4.69, 9.17) is 0 Å². The molecule has 3 aromatic rings. The average Bonchev–Trinajstić information content (AvgIpc) is 3.42. The lowest BCUT2D eigenvalue weighted by Crippen LogP contribution is -2.38. The number of fused-ring (bicyclic) bond motifs is 1. The van der Waals surface area contributed by atoms with E-state index in [0.717, 1.165) is 31.4 Å². The van der Waals surface area contributed by atoms with E-state index in [0.29, 0.717) is 23.9 Å². The van der Waals surface area contributed by atoms with Crippen molar-refractivity contribution < 1.29 is 18.0 Å². The van der Waals surface area contributed by atoms with Gasteiger partial charge in [-0.05, 0) is 43.4 Å². The van der Waals surface area contributed by atoms with Gasteiger partial charge in [0.2, 0.25) is 5.82 Å². The van der Waals surface area contributed by atoms with Crippen molar-refractivity contribution in [3.63, 3.8) is 0 Å². The van der Waals surface area contributed by atoms with Gasteiger partial charge in [0, 0.05) is 18.2 Å². The molecule has 2 aliphatic rings. The number of alkyl halides is 3. The lowest BCUT2D eigenvalue weighted by atomic mass is 10.1. The van der Waals surface area contributed by atoms with Gasteiger partial charge in [-0.2, -0.15) is 13.2 Å². The summed E-state index contributed by atoms with van der Waals surface area (Å²) in [6.45, 7) is 0.665. The highest BCUT2D eigenvalue weighted by atomic mass is 19.4. The van der Waals surface area contributed by atoms with Crippen LogP contribution in [0.5, 0.6) is 0 Å². The Morgan fingerprint density at radius 3 is 2.63 bits per heavy atom. The minimum Gasteiger partial charge on any atom is -0.333 e. The van der Waals surface area contributed by atoms with Crippen LogP contribution >= 0.6 is 0 Å². The third kappa shape index (κ3) is 3.36. The Morgan fingerprint density at radius 2 is 1.87 bits per heavy atom. The quantitative estimate of drug-likeness (QED) is 0.633. The summed E-state index contributed by atoms with van der Waals surface area (Å²) in [5.41, 5.74) is 0.0989. The first kappa shape index (κ1) is 18.8. The molecule has 5 rings (SSSR count). The number of carbonyl (C=O) groups is 1. The number of likely N-dealkylation sites (tertiary alicyclic amines) is 1. The number of nitrogens with zero attached hydrogens (tertiary/aromatic N) is 4. The van der Waals surface area contributed by atoms with Crippen LogP contribution in [0.2, 0.25) is 0 Å². The Hall–Kier alpha value is -3.16. The maximum Gasteiger partial charge on any atom is 0.416 e.